The fourth-order valence-corrected chi connectivity index (χ4v) is 3.33. The predicted octanol–water partition coefficient (Wildman–Crippen LogP) is 3.07. The summed E-state index contributed by atoms with van der Waals surface area (Å²) in [5.41, 5.74) is 0.737. The van der Waals surface area contributed by atoms with Gasteiger partial charge in [-0.25, -0.2) is 0 Å². The highest BCUT2D eigenvalue weighted by molar-refractivity contribution is 7.99. The van der Waals surface area contributed by atoms with Crippen molar-refractivity contribution in [2.75, 3.05) is 39.7 Å². The Morgan fingerprint density at radius 1 is 1.27 bits per heavy atom. The van der Waals surface area contributed by atoms with Crippen LogP contribution in [0.2, 0.25) is 0 Å². The van der Waals surface area contributed by atoms with Crippen molar-refractivity contribution in [3.63, 3.8) is 0 Å². The average molecular weight is 323 g/mol. The van der Waals surface area contributed by atoms with Crippen molar-refractivity contribution < 1.29 is 14.3 Å². The third kappa shape index (κ3) is 4.92. The third-order valence-electron chi connectivity index (χ3n) is 3.91. The zero-order valence-electron chi connectivity index (χ0n) is 13.4. The molecule has 122 valence electrons. The van der Waals surface area contributed by atoms with Gasteiger partial charge in [-0.05, 0) is 43.4 Å². The molecule has 1 aromatic carbocycles. The quantitative estimate of drug-likeness (QED) is 0.754. The van der Waals surface area contributed by atoms with Crippen LogP contribution in [0.1, 0.15) is 29.6 Å². The minimum absolute atomic E-state index is 0.129. The van der Waals surface area contributed by atoms with Crippen molar-refractivity contribution in [3.8, 4) is 5.75 Å². The normalized spacial score (nSPS) is 18.8. The molecule has 0 bridgehead atoms. The number of likely N-dealkylation sites (tertiary alicyclic amines) is 1. The number of ether oxygens (including phenoxy) is 2. The predicted molar refractivity (Wildman–Crippen MR) is 90.9 cm³/mol. The first-order chi connectivity index (χ1) is 10.7. The number of rotatable bonds is 6. The molecule has 1 unspecified atom stereocenters. The maximum absolute atomic E-state index is 12.6. The van der Waals surface area contributed by atoms with Crippen LogP contribution in [0, 0.1) is 0 Å². The Kier molecular flexibility index (Phi) is 7.06. The Bertz CT molecular complexity index is 463. The lowest BCUT2D eigenvalue weighted by Crippen LogP contribution is -2.35. The van der Waals surface area contributed by atoms with Crippen molar-refractivity contribution in [1.29, 1.82) is 0 Å². The maximum atomic E-state index is 12.6. The summed E-state index contributed by atoms with van der Waals surface area (Å²) < 4.78 is 10.5. The van der Waals surface area contributed by atoms with Gasteiger partial charge in [-0.1, -0.05) is 6.42 Å². The zero-order chi connectivity index (χ0) is 15.8. The second-order valence-electron chi connectivity index (χ2n) is 5.47. The lowest BCUT2D eigenvalue weighted by molar-refractivity contribution is 0.0763. The number of methoxy groups -OCH3 is 1. The van der Waals surface area contributed by atoms with Crippen LogP contribution in [0.25, 0.3) is 0 Å². The lowest BCUT2D eigenvalue weighted by Gasteiger charge is -2.23. The highest BCUT2D eigenvalue weighted by Gasteiger charge is 2.22. The molecule has 4 nitrogen and oxygen atoms in total. The molecular formula is C17H25NO3S. The van der Waals surface area contributed by atoms with E-state index in [0.29, 0.717) is 18.5 Å². The van der Waals surface area contributed by atoms with E-state index >= 15 is 0 Å². The van der Waals surface area contributed by atoms with Gasteiger partial charge in [0.05, 0.1) is 6.61 Å². The summed E-state index contributed by atoms with van der Waals surface area (Å²) in [5, 5.41) is 0.558. The molecule has 1 aliphatic heterocycles. The van der Waals surface area contributed by atoms with Gasteiger partial charge in [-0.2, -0.15) is 11.8 Å². The monoisotopic (exact) mass is 323 g/mol. The molecule has 0 radical (unpaired) electrons. The van der Waals surface area contributed by atoms with E-state index in [2.05, 4.69) is 6.26 Å². The number of carbonyl (C=O) groups excluding carboxylic acids is 1. The Labute approximate surface area is 137 Å². The number of carbonyl (C=O) groups is 1. The molecular weight excluding hydrogens is 298 g/mol. The van der Waals surface area contributed by atoms with Crippen LogP contribution < -0.4 is 4.74 Å². The Balaban J connectivity index is 1.96. The van der Waals surface area contributed by atoms with Crippen LogP contribution in [0.4, 0.5) is 0 Å². The molecule has 1 atom stereocenters. The first-order valence-electron chi connectivity index (χ1n) is 7.78. The fourth-order valence-electron chi connectivity index (χ4n) is 2.60. The van der Waals surface area contributed by atoms with Crippen molar-refractivity contribution in [3.05, 3.63) is 29.8 Å². The molecule has 2 rings (SSSR count). The summed E-state index contributed by atoms with van der Waals surface area (Å²) in [6.07, 6.45) is 5.64. The first kappa shape index (κ1) is 17.2. The number of amides is 1. The van der Waals surface area contributed by atoms with Crippen LogP contribution in [0.3, 0.4) is 0 Å². The van der Waals surface area contributed by atoms with E-state index in [9.17, 15) is 4.79 Å². The maximum Gasteiger partial charge on any atom is 0.253 e. The summed E-state index contributed by atoms with van der Waals surface area (Å²) in [4.78, 5) is 14.6. The SMILES string of the molecule is COCCOc1ccc(C(=O)N2CCCCC(SC)C2)cc1. The Hall–Kier alpha value is -1.20. The van der Waals surface area contributed by atoms with Gasteiger partial charge in [0.2, 0.25) is 0 Å². The van der Waals surface area contributed by atoms with E-state index in [-0.39, 0.29) is 5.91 Å². The van der Waals surface area contributed by atoms with Gasteiger partial charge in [0.25, 0.3) is 5.91 Å². The molecule has 1 amide bonds. The topological polar surface area (TPSA) is 38.8 Å². The largest absolute Gasteiger partial charge is 0.491 e. The smallest absolute Gasteiger partial charge is 0.253 e. The molecule has 1 fully saturated rings. The molecule has 22 heavy (non-hydrogen) atoms. The molecule has 5 heteroatoms. The molecule has 0 saturated carbocycles. The van der Waals surface area contributed by atoms with Gasteiger partial charge in [-0.3, -0.25) is 4.79 Å². The van der Waals surface area contributed by atoms with Crippen molar-refractivity contribution >= 4 is 17.7 Å². The summed E-state index contributed by atoms with van der Waals surface area (Å²) in [5.74, 6) is 0.899. The number of hydrogen-bond acceptors (Lipinski definition) is 4. The number of thioether (sulfide) groups is 1. The van der Waals surface area contributed by atoms with E-state index in [1.807, 2.05) is 40.9 Å². The van der Waals surface area contributed by atoms with E-state index < -0.39 is 0 Å². The van der Waals surface area contributed by atoms with E-state index in [1.54, 1.807) is 7.11 Å². The molecule has 1 aromatic rings. The van der Waals surface area contributed by atoms with E-state index in [1.165, 1.54) is 12.8 Å². The van der Waals surface area contributed by atoms with Gasteiger partial charge < -0.3 is 14.4 Å². The van der Waals surface area contributed by atoms with Crippen LogP contribution in [0.15, 0.2) is 24.3 Å². The van der Waals surface area contributed by atoms with Gasteiger partial charge in [-0.15, -0.1) is 0 Å². The van der Waals surface area contributed by atoms with Gasteiger partial charge >= 0.3 is 0 Å². The number of hydrogen-bond donors (Lipinski definition) is 0. The second-order valence-corrected chi connectivity index (χ2v) is 6.61. The van der Waals surface area contributed by atoms with Gasteiger partial charge in [0.1, 0.15) is 12.4 Å². The molecule has 0 N–H and O–H groups in total. The minimum Gasteiger partial charge on any atom is -0.491 e. The highest BCUT2D eigenvalue weighted by Crippen LogP contribution is 2.22. The molecule has 1 aliphatic rings. The Morgan fingerprint density at radius 3 is 2.73 bits per heavy atom. The summed E-state index contributed by atoms with van der Waals surface area (Å²) in [7, 11) is 1.65. The van der Waals surface area contributed by atoms with Crippen molar-refractivity contribution in [2.24, 2.45) is 0 Å². The van der Waals surface area contributed by atoms with Crippen molar-refractivity contribution in [1.82, 2.24) is 4.90 Å². The van der Waals surface area contributed by atoms with E-state index in [0.717, 1.165) is 30.8 Å². The molecule has 0 aliphatic carbocycles. The van der Waals surface area contributed by atoms with Crippen LogP contribution >= 0.6 is 11.8 Å². The fraction of sp³-hybridized carbons (Fsp3) is 0.588. The summed E-state index contributed by atoms with van der Waals surface area (Å²) >= 11 is 1.86. The van der Waals surface area contributed by atoms with Gasteiger partial charge in [0.15, 0.2) is 0 Å². The highest BCUT2D eigenvalue weighted by atomic mass is 32.2. The Morgan fingerprint density at radius 2 is 2.05 bits per heavy atom. The first-order valence-corrected chi connectivity index (χ1v) is 9.07. The van der Waals surface area contributed by atoms with Crippen LogP contribution in [-0.2, 0) is 4.74 Å². The number of benzene rings is 1. The van der Waals surface area contributed by atoms with Gasteiger partial charge in [0, 0.05) is 31.0 Å². The van der Waals surface area contributed by atoms with Crippen LogP contribution in [0.5, 0.6) is 5.75 Å². The van der Waals surface area contributed by atoms with Crippen molar-refractivity contribution in [2.45, 2.75) is 24.5 Å². The number of nitrogens with zero attached hydrogens (tertiary/aromatic N) is 1. The molecule has 0 spiro atoms. The lowest BCUT2D eigenvalue weighted by atomic mass is 10.2. The minimum atomic E-state index is 0.129. The van der Waals surface area contributed by atoms with Crippen LogP contribution in [-0.4, -0.2) is 55.7 Å². The standard InChI is InChI=1S/C17H25NO3S/c1-20-11-12-21-15-8-6-14(7-9-15)17(19)18-10-4-3-5-16(13-18)22-2/h6-9,16H,3-5,10-13H2,1-2H3. The molecule has 0 aromatic heterocycles. The summed E-state index contributed by atoms with van der Waals surface area (Å²) in [6, 6.07) is 7.41. The zero-order valence-corrected chi connectivity index (χ0v) is 14.2. The third-order valence-corrected chi connectivity index (χ3v) is 4.96. The van der Waals surface area contributed by atoms with E-state index in [4.69, 9.17) is 9.47 Å². The average Bonchev–Trinajstić information content (AvgIpc) is 2.81. The second kappa shape index (κ2) is 9.06. The summed E-state index contributed by atoms with van der Waals surface area (Å²) in [6.45, 7) is 2.80. The molecule has 1 heterocycles. The molecule has 1 saturated heterocycles.